The van der Waals surface area contributed by atoms with Crippen LogP contribution < -0.4 is 0 Å². The van der Waals surface area contributed by atoms with Crippen molar-refractivity contribution in [2.75, 3.05) is 6.61 Å². The summed E-state index contributed by atoms with van der Waals surface area (Å²) in [7, 11) is 0. The molecule has 4 nitrogen and oxygen atoms in total. The molecule has 1 atom stereocenters. The van der Waals surface area contributed by atoms with Gasteiger partial charge in [0.05, 0.1) is 6.61 Å². The number of carbonyl (C=O) groups excluding carboxylic acids is 2. The molecule has 0 amide bonds. The fourth-order valence-electron chi connectivity index (χ4n) is 0.696. The van der Waals surface area contributed by atoms with Crippen molar-refractivity contribution in [3.63, 3.8) is 0 Å². The zero-order chi connectivity index (χ0) is 7.56. The second kappa shape index (κ2) is 2.88. The first-order valence-corrected chi connectivity index (χ1v) is 3.10. The van der Waals surface area contributed by atoms with Gasteiger partial charge < -0.3 is 9.47 Å². The average Bonchev–Trinajstić information content (AvgIpc) is 2.15. The quantitative estimate of drug-likeness (QED) is 0.422. The van der Waals surface area contributed by atoms with Gasteiger partial charge in [-0.05, 0) is 0 Å². The third kappa shape index (κ3) is 1.60. The van der Waals surface area contributed by atoms with Crippen molar-refractivity contribution in [1.29, 1.82) is 0 Å². The highest BCUT2D eigenvalue weighted by molar-refractivity contribution is 6.61. The standard InChI is InChI=1S/C5H5ClO4/c6-5(8)10-3-1-2-9-4(3)7/h3H,1-2H2/t3-/m0/s1. The van der Waals surface area contributed by atoms with Gasteiger partial charge in [0, 0.05) is 18.0 Å². The zero-order valence-corrected chi connectivity index (χ0v) is 5.76. The van der Waals surface area contributed by atoms with Crippen molar-refractivity contribution in [3.05, 3.63) is 0 Å². The second-order valence-electron chi connectivity index (χ2n) is 1.80. The van der Waals surface area contributed by atoms with Crippen molar-refractivity contribution in [1.82, 2.24) is 0 Å². The van der Waals surface area contributed by atoms with Crippen LogP contribution in [0.15, 0.2) is 0 Å². The molecule has 1 fully saturated rings. The monoisotopic (exact) mass is 164 g/mol. The summed E-state index contributed by atoms with van der Waals surface area (Å²) in [5, 5.41) is 0. The number of esters is 1. The number of cyclic esters (lactones) is 1. The number of rotatable bonds is 1. The molecule has 1 rings (SSSR count). The minimum atomic E-state index is -0.969. The van der Waals surface area contributed by atoms with Crippen LogP contribution in [-0.2, 0) is 14.3 Å². The van der Waals surface area contributed by atoms with Gasteiger partial charge in [0.1, 0.15) is 0 Å². The summed E-state index contributed by atoms with van der Waals surface area (Å²) in [6, 6.07) is 0. The van der Waals surface area contributed by atoms with Gasteiger partial charge in [-0.2, -0.15) is 0 Å². The molecule has 0 aromatic carbocycles. The summed E-state index contributed by atoms with van der Waals surface area (Å²) in [4.78, 5) is 20.6. The van der Waals surface area contributed by atoms with E-state index in [1.54, 1.807) is 0 Å². The maximum Gasteiger partial charge on any atom is 0.404 e. The third-order valence-electron chi connectivity index (χ3n) is 1.12. The molecule has 0 spiro atoms. The number of hydrogen-bond acceptors (Lipinski definition) is 4. The summed E-state index contributed by atoms with van der Waals surface area (Å²) in [5.41, 5.74) is -0.969. The summed E-state index contributed by atoms with van der Waals surface area (Å²) in [6.45, 7) is 0.299. The van der Waals surface area contributed by atoms with Gasteiger partial charge in [0.15, 0.2) is 0 Å². The molecule has 10 heavy (non-hydrogen) atoms. The molecular weight excluding hydrogens is 160 g/mol. The van der Waals surface area contributed by atoms with Crippen LogP contribution in [0.2, 0.25) is 0 Å². The Hall–Kier alpha value is -0.770. The van der Waals surface area contributed by atoms with Gasteiger partial charge in [-0.3, -0.25) is 0 Å². The number of hydrogen-bond donors (Lipinski definition) is 0. The maximum absolute atomic E-state index is 10.6. The van der Waals surface area contributed by atoms with Gasteiger partial charge in [-0.25, -0.2) is 9.59 Å². The van der Waals surface area contributed by atoms with Gasteiger partial charge in [0.2, 0.25) is 6.10 Å². The smallest absolute Gasteiger partial charge is 0.404 e. The summed E-state index contributed by atoms with van der Waals surface area (Å²) in [6.07, 6.45) is -0.387. The van der Waals surface area contributed by atoms with Gasteiger partial charge in [-0.15, -0.1) is 0 Å². The van der Waals surface area contributed by atoms with Crippen LogP contribution in [0.25, 0.3) is 0 Å². The highest BCUT2D eigenvalue weighted by Crippen LogP contribution is 2.11. The molecule has 0 aromatic rings. The highest BCUT2D eigenvalue weighted by Gasteiger charge is 2.29. The normalized spacial score (nSPS) is 24.1. The lowest BCUT2D eigenvalue weighted by molar-refractivity contribution is -0.144. The Morgan fingerprint density at radius 2 is 2.50 bits per heavy atom. The predicted molar refractivity (Wildman–Crippen MR) is 31.7 cm³/mol. The molecule has 1 heterocycles. The molecule has 1 aliphatic heterocycles. The Bertz CT molecular complexity index is 167. The van der Waals surface area contributed by atoms with E-state index in [0.717, 1.165) is 0 Å². The molecular formula is C5H5ClO4. The van der Waals surface area contributed by atoms with E-state index in [1.165, 1.54) is 0 Å². The third-order valence-corrected chi connectivity index (χ3v) is 1.21. The summed E-state index contributed by atoms with van der Waals surface area (Å²) >= 11 is 4.85. The van der Waals surface area contributed by atoms with Crippen LogP contribution in [0.4, 0.5) is 4.79 Å². The average molecular weight is 165 g/mol. The van der Waals surface area contributed by atoms with Crippen molar-refractivity contribution >= 4 is 23.0 Å². The first kappa shape index (κ1) is 7.34. The zero-order valence-electron chi connectivity index (χ0n) is 5.00. The number of carbonyl (C=O) groups is 2. The van der Waals surface area contributed by atoms with Crippen molar-refractivity contribution in [2.45, 2.75) is 12.5 Å². The Morgan fingerprint density at radius 1 is 1.80 bits per heavy atom. The lowest BCUT2D eigenvalue weighted by atomic mass is 10.3. The van der Waals surface area contributed by atoms with E-state index in [2.05, 4.69) is 9.47 Å². The molecule has 0 N–H and O–H groups in total. The van der Waals surface area contributed by atoms with E-state index >= 15 is 0 Å². The maximum atomic E-state index is 10.6. The topological polar surface area (TPSA) is 52.6 Å². The molecule has 0 aromatic heterocycles. The molecule has 5 heteroatoms. The SMILES string of the molecule is O=C(Cl)O[C@H]1CCOC1=O. The lowest BCUT2D eigenvalue weighted by Gasteiger charge is -2.01. The first-order valence-electron chi connectivity index (χ1n) is 2.73. The van der Waals surface area contributed by atoms with Crippen LogP contribution in [0.1, 0.15) is 6.42 Å². The summed E-state index contributed by atoms with van der Waals surface area (Å²) < 4.78 is 8.87. The Morgan fingerprint density at radius 3 is 2.90 bits per heavy atom. The van der Waals surface area contributed by atoms with Crippen molar-refractivity contribution < 1.29 is 19.1 Å². The predicted octanol–water partition coefficient (Wildman–Crippen LogP) is 0.677. The van der Waals surface area contributed by atoms with Crippen LogP contribution in [0, 0.1) is 0 Å². The van der Waals surface area contributed by atoms with E-state index in [0.29, 0.717) is 13.0 Å². The van der Waals surface area contributed by atoms with E-state index < -0.39 is 17.5 Å². The van der Waals surface area contributed by atoms with Crippen LogP contribution in [0.3, 0.4) is 0 Å². The fourth-order valence-corrected chi connectivity index (χ4v) is 0.804. The summed E-state index contributed by atoms with van der Waals surface area (Å²) in [5.74, 6) is -0.519. The molecule has 1 aliphatic rings. The molecule has 1 saturated heterocycles. The van der Waals surface area contributed by atoms with Crippen LogP contribution in [0.5, 0.6) is 0 Å². The molecule has 56 valence electrons. The molecule has 0 saturated carbocycles. The van der Waals surface area contributed by atoms with E-state index in [-0.39, 0.29) is 0 Å². The molecule has 0 unspecified atom stereocenters. The Kier molecular flexibility index (Phi) is 2.11. The van der Waals surface area contributed by atoms with E-state index in [9.17, 15) is 9.59 Å². The fraction of sp³-hybridized carbons (Fsp3) is 0.600. The Labute approximate surface area is 62.0 Å². The van der Waals surface area contributed by atoms with Crippen molar-refractivity contribution in [2.24, 2.45) is 0 Å². The first-order chi connectivity index (χ1) is 4.70. The molecule has 0 radical (unpaired) electrons. The lowest BCUT2D eigenvalue weighted by Crippen LogP contribution is -2.19. The van der Waals surface area contributed by atoms with Crippen molar-refractivity contribution in [3.8, 4) is 0 Å². The minimum Gasteiger partial charge on any atom is -0.463 e. The minimum absolute atomic E-state index is 0.299. The molecule has 0 bridgehead atoms. The Balaban J connectivity index is 2.40. The number of ether oxygens (including phenoxy) is 2. The second-order valence-corrected chi connectivity index (χ2v) is 2.11. The van der Waals surface area contributed by atoms with Gasteiger partial charge in [0.25, 0.3) is 0 Å². The van der Waals surface area contributed by atoms with Gasteiger partial charge in [-0.1, -0.05) is 0 Å². The highest BCUT2D eigenvalue weighted by atomic mass is 35.5. The largest absolute Gasteiger partial charge is 0.463 e. The van der Waals surface area contributed by atoms with Crippen LogP contribution in [-0.4, -0.2) is 24.1 Å². The van der Waals surface area contributed by atoms with Gasteiger partial charge >= 0.3 is 11.4 Å². The number of halogens is 1. The molecule has 0 aliphatic carbocycles. The van der Waals surface area contributed by atoms with E-state index in [1.807, 2.05) is 0 Å². The van der Waals surface area contributed by atoms with E-state index in [4.69, 9.17) is 11.6 Å². The van der Waals surface area contributed by atoms with Crippen LogP contribution >= 0.6 is 11.6 Å².